The van der Waals surface area contributed by atoms with E-state index >= 15 is 0 Å². The van der Waals surface area contributed by atoms with Crippen molar-refractivity contribution in [2.75, 3.05) is 30.4 Å². The van der Waals surface area contributed by atoms with Crippen molar-refractivity contribution in [1.29, 1.82) is 0 Å². The quantitative estimate of drug-likeness (QED) is 0.476. The lowest BCUT2D eigenvalue weighted by Gasteiger charge is -2.31. The molecular formula is C23H23ClF3N5O2. The van der Waals surface area contributed by atoms with Crippen molar-refractivity contribution >= 4 is 40.5 Å². The number of piperidine rings is 1. The fourth-order valence-electron chi connectivity index (χ4n) is 3.91. The normalized spacial score (nSPS) is 14.4. The molecule has 11 heteroatoms. The first-order valence-electron chi connectivity index (χ1n) is 10.4. The number of anilines is 2. The summed E-state index contributed by atoms with van der Waals surface area (Å²) >= 11 is 0. The second kappa shape index (κ2) is 10.3. The van der Waals surface area contributed by atoms with Gasteiger partial charge in [-0.2, -0.15) is 13.2 Å². The molecule has 4 rings (SSSR count). The number of methoxy groups -OCH3 is 1. The molecule has 7 nitrogen and oxygen atoms in total. The van der Waals surface area contributed by atoms with Gasteiger partial charge in [0.15, 0.2) is 17.3 Å². The molecule has 0 saturated carbocycles. The van der Waals surface area contributed by atoms with Gasteiger partial charge < -0.3 is 20.1 Å². The number of nitrogens with zero attached hydrogens (tertiary/aromatic N) is 4. The molecule has 0 spiro atoms. The molecule has 34 heavy (non-hydrogen) atoms. The van der Waals surface area contributed by atoms with E-state index in [2.05, 4.69) is 20.4 Å². The lowest BCUT2D eigenvalue weighted by Crippen LogP contribution is -2.36. The van der Waals surface area contributed by atoms with E-state index in [1.54, 1.807) is 24.3 Å². The molecule has 0 atom stereocenters. The van der Waals surface area contributed by atoms with Crippen LogP contribution in [0.3, 0.4) is 0 Å². The van der Waals surface area contributed by atoms with Crippen LogP contribution in [0.4, 0.5) is 30.5 Å². The number of hydrogen-bond donors (Lipinski definition) is 2. The van der Waals surface area contributed by atoms with E-state index in [0.717, 1.165) is 11.5 Å². The van der Waals surface area contributed by atoms with Gasteiger partial charge in [0.05, 0.1) is 25.3 Å². The average Bonchev–Trinajstić information content (AvgIpc) is 2.82. The number of halogens is 4. The summed E-state index contributed by atoms with van der Waals surface area (Å²) in [6, 6.07) is 9.07. The number of fused-ring (bicyclic) bond motifs is 1. The predicted molar refractivity (Wildman–Crippen MR) is 126 cm³/mol. The Labute approximate surface area is 200 Å². The van der Waals surface area contributed by atoms with E-state index in [9.17, 15) is 18.3 Å². The highest BCUT2D eigenvalue weighted by Gasteiger charge is 2.34. The minimum Gasteiger partial charge on any atom is -0.496 e. The van der Waals surface area contributed by atoms with Crippen LogP contribution in [0, 0.1) is 6.57 Å². The maximum absolute atomic E-state index is 13.3. The number of alkyl halides is 3. The zero-order chi connectivity index (χ0) is 23.6. The number of aliphatic hydroxyl groups excluding tert-OH is 1. The Balaban J connectivity index is 0.00000324. The molecule has 180 valence electrons. The van der Waals surface area contributed by atoms with Crippen molar-refractivity contribution in [2.24, 2.45) is 0 Å². The fourth-order valence-corrected chi connectivity index (χ4v) is 3.91. The van der Waals surface area contributed by atoms with E-state index in [0.29, 0.717) is 54.2 Å². The van der Waals surface area contributed by atoms with Crippen molar-refractivity contribution in [3.05, 3.63) is 58.9 Å². The van der Waals surface area contributed by atoms with Crippen LogP contribution < -0.4 is 15.0 Å². The summed E-state index contributed by atoms with van der Waals surface area (Å²) < 4.78 is 44.9. The first kappa shape index (κ1) is 25.3. The summed E-state index contributed by atoms with van der Waals surface area (Å²) in [6.07, 6.45) is -3.62. The van der Waals surface area contributed by atoms with E-state index in [4.69, 9.17) is 11.3 Å². The Hall–Kier alpha value is -3.29. The van der Waals surface area contributed by atoms with Crippen LogP contribution in [-0.4, -0.2) is 41.6 Å². The minimum atomic E-state index is -4.54. The van der Waals surface area contributed by atoms with Crippen LogP contribution in [-0.2, 0) is 12.7 Å². The van der Waals surface area contributed by atoms with E-state index in [1.165, 1.54) is 13.2 Å². The SMILES string of the molecule is Cl.[C-]#[N+]c1ccc2c(N3CCC(O)CC3)nnc(NCc3ccc(OC)c(C(F)(F)F)c3)c2c1. The van der Waals surface area contributed by atoms with Gasteiger partial charge in [0, 0.05) is 30.4 Å². The molecule has 0 aliphatic carbocycles. The maximum atomic E-state index is 13.3. The van der Waals surface area contributed by atoms with Crippen molar-refractivity contribution < 1.29 is 23.0 Å². The molecule has 0 radical (unpaired) electrons. The Morgan fingerprint density at radius 1 is 1.15 bits per heavy atom. The molecule has 0 bridgehead atoms. The van der Waals surface area contributed by atoms with Gasteiger partial charge in [-0.25, -0.2) is 4.85 Å². The second-order valence-corrected chi connectivity index (χ2v) is 7.82. The van der Waals surface area contributed by atoms with Crippen LogP contribution >= 0.6 is 12.4 Å². The topological polar surface area (TPSA) is 74.9 Å². The van der Waals surface area contributed by atoms with Gasteiger partial charge in [0.1, 0.15) is 5.75 Å². The van der Waals surface area contributed by atoms with Crippen LogP contribution in [0.5, 0.6) is 5.75 Å². The number of benzene rings is 2. The summed E-state index contributed by atoms with van der Waals surface area (Å²) in [5.74, 6) is 0.789. The maximum Gasteiger partial charge on any atom is 0.419 e. The van der Waals surface area contributed by atoms with E-state index < -0.39 is 11.7 Å². The molecule has 0 unspecified atom stereocenters. The summed E-state index contributed by atoms with van der Waals surface area (Å²) in [6.45, 7) is 8.67. The van der Waals surface area contributed by atoms with Crippen molar-refractivity contribution in [3.63, 3.8) is 0 Å². The first-order chi connectivity index (χ1) is 15.8. The largest absolute Gasteiger partial charge is 0.496 e. The Kier molecular flexibility index (Phi) is 7.69. The molecule has 1 fully saturated rings. The third-order valence-electron chi connectivity index (χ3n) is 5.67. The third-order valence-corrected chi connectivity index (χ3v) is 5.67. The standard InChI is InChI=1S/C23H22F3N5O2.ClH/c1-27-15-4-5-17-18(12-15)21(29-30-22(17)31-9-7-16(32)8-10-31)28-13-14-3-6-20(33-2)19(11-14)23(24,25)26;/h3-6,11-12,16,32H,7-10,13H2,2H3,(H,28,29);1H. The van der Waals surface area contributed by atoms with Crippen molar-refractivity contribution in [3.8, 4) is 5.75 Å². The Bertz CT molecular complexity index is 1210. The molecule has 3 aromatic rings. The van der Waals surface area contributed by atoms with Crippen LogP contribution in [0.2, 0.25) is 0 Å². The van der Waals surface area contributed by atoms with Gasteiger partial charge in [-0.1, -0.05) is 18.2 Å². The molecular weight excluding hydrogens is 471 g/mol. The highest BCUT2D eigenvalue weighted by atomic mass is 35.5. The van der Waals surface area contributed by atoms with Crippen LogP contribution in [0.25, 0.3) is 15.6 Å². The molecule has 0 amide bonds. The van der Waals surface area contributed by atoms with Gasteiger partial charge in [-0.05, 0) is 36.6 Å². The van der Waals surface area contributed by atoms with Gasteiger partial charge in [-0.15, -0.1) is 22.6 Å². The number of aromatic nitrogens is 2. The zero-order valence-electron chi connectivity index (χ0n) is 18.3. The van der Waals surface area contributed by atoms with Gasteiger partial charge in [-0.3, -0.25) is 0 Å². The molecule has 1 saturated heterocycles. The highest BCUT2D eigenvalue weighted by Crippen LogP contribution is 2.37. The summed E-state index contributed by atoms with van der Waals surface area (Å²) in [5.41, 5.74) is -0.0333. The lowest BCUT2D eigenvalue weighted by atomic mass is 10.1. The van der Waals surface area contributed by atoms with Gasteiger partial charge >= 0.3 is 6.18 Å². The van der Waals surface area contributed by atoms with Crippen LogP contribution in [0.15, 0.2) is 36.4 Å². The smallest absolute Gasteiger partial charge is 0.419 e. The molecule has 1 aliphatic rings. The van der Waals surface area contributed by atoms with Gasteiger partial charge in [0.2, 0.25) is 0 Å². The van der Waals surface area contributed by atoms with Crippen molar-refractivity contribution in [2.45, 2.75) is 31.7 Å². The molecule has 2 heterocycles. The Morgan fingerprint density at radius 3 is 2.53 bits per heavy atom. The third kappa shape index (κ3) is 5.26. The summed E-state index contributed by atoms with van der Waals surface area (Å²) in [4.78, 5) is 5.52. The lowest BCUT2D eigenvalue weighted by molar-refractivity contribution is -0.138. The molecule has 1 aromatic heterocycles. The number of nitrogens with one attached hydrogen (secondary N) is 1. The number of ether oxygens (including phenoxy) is 1. The zero-order valence-corrected chi connectivity index (χ0v) is 19.1. The second-order valence-electron chi connectivity index (χ2n) is 7.82. The van der Waals surface area contributed by atoms with Crippen molar-refractivity contribution in [1.82, 2.24) is 10.2 Å². The molecule has 1 aliphatic heterocycles. The molecule has 2 aromatic carbocycles. The summed E-state index contributed by atoms with van der Waals surface area (Å²) in [5, 5.41) is 22.9. The number of rotatable bonds is 5. The number of aliphatic hydroxyl groups is 1. The highest BCUT2D eigenvalue weighted by molar-refractivity contribution is 6.00. The van der Waals surface area contributed by atoms with Gasteiger partial charge in [0.25, 0.3) is 0 Å². The average molecular weight is 494 g/mol. The minimum absolute atomic E-state index is 0. The summed E-state index contributed by atoms with van der Waals surface area (Å²) in [7, 11) is 1.20. The van der Waals surface area contributed by atoms with E-state index in [1.807, 2.05) is 4.90 Å². The monoisotopic (exact) mass is 493 g/mol. The first-order valence-corrected chi connectivity index (χ1v) is 10.4. The number of hydrogen-bond acceptors (Lipinski definition) is 6. The van der Waals surface area contributed by atoms with Crippen LogP contribution in [0.1, 0.15) is 24.0 Å². The van der Waals surface area contributed by atoms with E-state index in [-0.39, 0.29) is 30.8 Å². The Morgan fingerprint density at radius 2 is 1.88 bits per heavy atom. The fraction of sp³-hybridized carbons (Fsp3) is 0.348. The predicted octanol–water partition coefficient (Wildman–Crippen LogP) is 5.20. The molecule has 2 N–H and O–H groups in total.